The molecule has 19 heavy (non-hydrogen) atoms. The van der Waals surface area contributed by atoms with E-state index in [0.29, 0.717) is 12.5 Å². The molecule has 0 aromatic carbocycles. The smallest absolute Gasteiger partial charge is 0.326 e. The number of urea groups is 1. The average Bonchev–Trinajstić information content (AvgIpc) is 2.67. The number of aliphatic carboxylic acids is 1. The summed E-state index contributed by atoms with van der Waals surface area (Å²) in [5.41, 5.74) is 0. The van der Waals surface area contributed by atoms with Gasteiger partial charge in [-0.05, 0) is 19.8 Å². The highest BCUT2D eigenvalue weighted by molar-refractivity contribution is 5.83. The number of carboxylic acids is 1. The lowest BCUT2D eigenvalue weighted by Crippen LogP contribution is -2.51. The molecule has 2 N–H and O–H groups in total. The first-order chi connectivity index (χ1) is 8.73. The van der Waals surface area contributed by atoms with E-state index in [9.17, 15) is 14.7 Å². The molecule has 1 heterocycles. The minimum absolute atomic E-state index is 0.00193. The van der Waals surface area contributed by atoms with Crippen molar-refractivity contribution in [3.8, 4) is 0 Å². The fraction of sp³-hybridized carbons (Fsp3) is 0.846. The zero-order valence-electron chi connectivity index (χ0n) is 12.0. The van der Waals surface area contributed by atoms with Crippen LogP contribution in [0.25, 0.3) is 0 Å². The molecule has 6 heteroatoms. The molecule has 0 saturated carbocycles. The van der Waals surface area contributed by atoms with Crippen LogP contribution in [0.4, 0.5) is 4.79 Å². The lowest BCUT2D eigenvalue weighted by atomic mass is 10.2. The van der Waals surface area contributed by atoms with E-state index in [1.54, 1.807) is 4.90 Å². The van der Waals surface area contributed by atoms with Gasteiger partial charge in [-0.2, -0.15) is 0 Å². The van der Waals surface area contributed by atoms with Crippen molar-refractivity contribution < 1.29 is 19.8 Å². The van der Waals surface area contributed by atoms with Gasteiger partial charge < -0.3 is 20.0 Å². The van der Waals surface area contributed by atoms with Crippen LogP contribution in [0.3, 0.4) is 0 Å². The number of carboxylic acid groups (broad SMARTS) is 1. The largest absolute Gasteiger partial charge is 0.480 e. The molecular formula is C13H24N2O4. The third-order valence-electron chi connectivity index (χ3n) is 3.24. The van der Waals surface area contributed by atoms with Crippen LogP contribution in [-0.2, 0) is 4.79 Å². The zero-order valence-corrected chi connectivity index (χ0v) is 12.0. The Morgan fingerprint density at radius 1 is 1.32 bits per heavy atom. The molecule has 0 bridgehead atoms. The molecule has 1 aliphatic heterocycles. The average molecular weight is 272 g/mol. The number of aliphatic hydroxyl groups is 1. The van der Waals surface area contributed by atoms with E-state index in [0.717, 1.165) is 0 Å². The first-order valence-electron chi connectivity index (χ1n) is 6.72. The van der Waals surface area contributed by atoms with Gasteiger partial charge >= 0.3 is 12.0 Å². The molecule has 0 aromatic heterocycles. The Labute approximate surface area is 114 Å². The third-order valence-corrected chi connectivity index (χ3v) is 3.24. The maximum absolute atomic E-state index is 12.5. The maximum Gasteiger partial charge on any atom is 0.326 e. The molecule has 0 aromatic rings. The number of likely N-dealkylation sites (tertiary alicyclic amines) is 1. The van der Waals surface area contributed by atoms with Gasteiger partial charge in [0.05, 0.1) is 6.10 Å². The van der Waals surface area contributed by atoms with Gasteiger partial charge in [-0.15, -0.1) is 0 Å². The van der Waals surface area contributed by atoms with Crippen molar-refractivity contribution in [3.63, 3.8) is 0 Å². The molecule has 0 radical (unpaired) electrons. The number of amides is 2. The molecule has 2 atom stereocenters. The van der Waals surface area contributed by atoms with Crippen molar-refractivity contribution >= 4 is 12.0 Å². The summed E-state index contributed by atoms with van der Waals surface area (Å²) in [4.78, 5) is 26.6. The molecule has 0 unspecified atom stereocenters. The highest BCUT2D eigenvalue weighted by Gasteiger charge is 2.41. The summed E-state index contributed by atoms with van der Waals surface area (Å²) in [6.07, 6.45) is -0.646. The normalized spacial score (nSPS) is 23.2. The Kier molecular flexibility index (Phi) is 5.17. The highest BCUT2D eigenvalue weighted by atomic mass is 16.4. The molecule has 6 nitrogen and oxygen atoms in total. The number of nitrogens with zero attached hydrogens (tertiary/aromatic N) is 2. The van der Waals surface area contributed by atoms with E-state index < -0.39 is 18.1 Å². The molecule has 0 aliphatic carbocycles. The van der Waals surface area contributed by atoms with Gasteiger partial charge in [0, 0.05) is 25.6 Å². The van der Waals surface area contributed by atoms with Gasteiger partial charge in [-0.3, -0.25) is 0 Å². The first-order valence-corrected chi connectivity index (χ1v) is 6.72. The number of hydrogen-bond donors (Lipinski definition) is 2. The highest BCUT2D eigenvalue weighted by Crippen LogP contribution is 2.21. The molecule has 1 saturated heterocycles. The lowest BCUT2D eigenvalue weighted by Gasteiger charge is -2.34. The number of rotatable bonds is 4. The summed E-state index contributed by atoms with van der Waals surface area (Å²) in [5, 5.41) is 18.7. The second-order valence-corrected chi connectivity index (χ2v) is 5.82. The lowest BCUT2D eigenvalue weighted by molar-refractivity contribution is -0.141. The van der Waals surface area contributed by atoms with Gasteiger partial charge in [-0.1, -0.05) is 13.8 Å². The summed E-state index contributed by atoms with van der Waals surface area (Å²) < 4.78 is 0. The van der Waals surface area contributed by atoms with Gasteiger partial charge in [0.25, 0.3) is 0 Å². The van der Waals surface area contributed by atoms with Crippen LogP contribution < -0.4 is 0 Å². The van der Waals surface area contributed by atoms with E-state index in [-0.39, 0.29) is 25.0 Å². The Morgan fingerprint density at radius 2 is 1.89 bits per heavy atom. The summed E-state index contributed by atoms with van der Waals surface area (Å²) in [5.74, 6) is -0.750. The predicted octanol–water partition coefficient (Wildman–Crippen LogP) is 0.993. The van der Waals surface area contributed by atoms with Crippen molar-refractivity contribution in [2.24, 2.45) is 5.92 Å². The number of hydrogen-bond acceptors (Lipinski definition) is 3. The minimum atomic E-state index is -1.06. The fourth-order valence-electron chi connectivity index (χ4n) is 2.33. The Hall–Kier alpha value is -1.30. The quantitative estimate of drug-likeness (QED) is 0.799. The number of aliphatic hydroxyl groups excluding tert-OH is 1. The summed E-state index contributed by atoms with van der Waals surface area (Å²) in [6, 6.07) is -1.22. The van der Waals surface area contributed by atoms with Crippen LogP contribution in [0, 0.1) is 5.92 Å². The molecule has 1 aliphatic rings. The molecule has 110 valence electrons. The van der Waals surface area contributed by atoms with Crippen molar-refractivity contribution in [1.82, 2.24) is 9.80 Å². The van der Waals surface area contributed by atoms with Crippen molar-refractivity contribution in [3.05, 3.63) is 0 Å². The summed E-state index contributed by atoms with van der Waals surface area (Å²) in [7, 11) is 0. The predicted molar refractivity (Wildman–Crippen MR) is 70.8 cm³/mol. The molecule has 1 rings (SSSR count). The van der Waals surface area contributed by atoms with Crippen LogP contribution in [0.15, 0.2) is 0 Å². The summed E-state index contributed by atoms with van der Waals surface area (Å²) >= 11 is 0. The molecule has 2 amide bonds. The van der Waals surface area contributed by atoms with Crippen LogP contribution in [0.1, 0.15) is 34.1 Å². The topological polar surface area (TPSA) is 81.1 Å². The van der Waals surface area contributed by atoms with Gasteiger partial charge in [0.2, 0.25) is 0 Å². The van der Waals surface area contributed by atoms with E-state index in [4.69, 9.17) is 5.11 Å². The second-order valence-electron chi connectivity index (χ2n) is 5.82. The first kappa shape index (κ1) is 15.8. The molecule has 0 spiro atoms. The second kappa shape index (κ2) is 6.23. The Bertz CT molecular complexity index is 344. The zero-order chi connectivity index (χ0) is 14.7. The minimum Gasteiger partial charge on any atom is -0.480 e. The van der Waals surface area contributed by atoms with E-state index in [1.807, 2.05) is 27.7 Å². The molecule has 1 fully saturated rings. The van der Waals surface area contributed by atoms with E-state index in [2.05, 4.69) is 0 Å². The van der Waals surface area contributed by atoms with Crippen LogP contribution >= 0.6 is 0 Å². The van der Waals surface area contributed by atoms with Gasteiger partial charge in [0.15, 0.2) is 0 Å². The summed E-state index contributed by atoms with van der Waals surface area (Å²) in [6.45, 7) is 8.50. The molecular weight excluding hydrogens is 248 g/mol. The monoisotopic (exact) mass is 272 g/mol. The maximum atomic E-state index is 12.5. The van der Waals surface area contributed by atoms with Crippen molar-refractivity contribution in [2.45, 2.75) is 52.3 Å². The number of carbonyl (C=O) groups excluding carboxylic acids is 1. The van der Waals surface area contributed by atoms with Crippen molar-refractivity contribution in [1.29, 1.82) is 0 Å². The van der Waals surface area contributed by atoms with Gasteiger partial charge in [-0.25, -0.2) is 9.59 Å². The van der Waals surface area contributed by atoms with E-state index in [1.165, 1.54) is 4.90 Å². The van der Waals surface area contributed by atoms with Crippen LogP contribution in [0.2, 0.25) is 0 Å². The number of carbonyl (C=O) groups is 2. The Morgan fingerprint density at radius 3 is 2.32 bits per heavy atom. The van der Waals surface area contributed by atoms with Gasteiger partial charge in [0.1, 0.15) is 6.04 Å². The SMILES string of the molecule is CC(C)CN(C(=O)N1C[C@@H](O)C[C@H]1C(=O)O)C(C)C. The Balaban J connectivity index is 2.86. The van der Waals surface area contributed by atoms with Crippen molar-refractivity contribution in [2.75, 3.05) is 13.1 Å². The van der Waals surface area contributed by atoms with Crippen LogP contribution in [0.5, 0.6) is 0 Å². The van der Waals surface area contributed by atoms with Crippen LogP contribution in [-0.4, -0.2) is 63.3 Å². The fourth-order valence-corrected chi connectivity index (χ4v) is 2.33. The standard InChI is InChI=1S/C13H24N2O4/c1-8(2)6-14(9(3)4)13(19)15-7-10(16)5-11(15)12(17)18/h8-11,16H,5-7H2,1-4H3,(H,17,18)/t10-,11-/m0/s1. The van der Waals surface area contributed by atoms with E-state index >= 15 is 0 Å². The third kappa shape index (κ3) is 3.83. The number of β-amino-alcohol motifs (C(OH)–C–C–N with tert-alkyl or cyclic N) is 1.